The minimum atomic E-state index is -4.67. The summed E-state index contributed by atoms with van der Waals surface area (Å²) in [6.07, 6.45) is -8.59. The van der Waals surface area contributed by atoms with Crippen LogP contribution in [-0.2, 0) is 22.1 Å². The summed E-state index contributed by atoms with van der Waals surface area (Å²) in [6, 6.07) is 10.7. The molecule has 0 bridgehead atoms. The van der Waals surface area contributed by atoms with Gasteiger partial charge in [-0.15, -0.1) is 11.3 Å². The van der Waals surface area contributed by atoms with Gasteiger partial charge in [-0.2, -0.15) is 26.3 Å². The van der Waals surface area contributed by atoms with E-state index in [2.05, 4.69) is 6.58 Å². The van der Waals surface area contributed by atoms with Gasteiger partial charge in [-0.25, -0.2) is 4.79 Å². The Labute approximate surface area is 232 Å². The summed E-state index contributed by atoms with van der Waals surface area (Å²) in [4.78, 5) is 12.3. The van der Waals surface area contributed by atoms with Crippen molar-refractivity contribution < 1.29 is 40.6 Å². The van der Waals surface area contributed by atoms with Crippen molar-refractivity contribution in [3.05, 3.63) is 65.7 Å². The number of carbonyl (C=O) groups is 1. The predicted molar refractivity (Wildman–Crippen MR) is 143 cm³/mol. The summed E-state index contributed by atoms with van der Waals surface area (Å²) < 4.78 is 95.1. The van der Waals surface area contributed by atoms with Crippen LogP contribution in [0.15, 0.2) is 54.6 Å². The fourth-order valence-corrected chi connectivity index (χ4v) is 6.15. The topological polar surface area (TPSA) is 35.5 Å². The van der Waals surface area contributed by atoms with Crippen molar-refractivity contribution in [1.82, 2.24) is 0 Å². The van der Waals surface area contributed by atoms with Crippen molar-refractivity contribution in [3.8, 4) is 16.2 Å². The lowest BCUT2D eigenvalue weighted by Gasteiger charge is -2.27. The van der Waals surface area contributed by atoms with Gasteiger partial charge in [0.1, 0.15) is 23.9 Å². The number of halogens is 6. The van der Waals surface area contributed by atoms with Crippen LogP contribution in [0.2, 0.25) is 0 Å². The third-order valence-corrected chi connectivity index (χ3v) is 8.16. The average molecular weight is 585 g/mol. The molecule has 4 rings (SSSR count). The van der Waals surface area contributed by atoms with Crippen LogP contribution in [0.3, 0.4) is 0 Å². The normalized spacial score (nSPS) is 19.6. The molecule has 10 heteroatoms. The van der Waals surface area contributed by atoms with Crippen molar-refractivity contribution in [1.29, 1.82) is 0 Å². The van der Waals surface area contributed by atoms with Gasteiger partial charge in [-0.1, -0.05) is 38.5 Å². The molecule has 3 atom stereocenters. The van der Waals surface area contributed by atoms with E-state index in [1.807, 2.05) is 6.92 Å². The first-order valence-corrected chi connectivity index (χ1v) is 13.9. The number of alkyl halides is 6. The Balaban J connectivity index is 1.59. The number of hydrogen-bond acceptors (Lipinski definition) is 4. The first-order chi connectivity index (χ1) is 18.8. The van der Waals surface area contributed by atoms with Gasteiger partial charge in [-0.3, -0.25) is 0 Å². The van der Waals surface area contributed by atoms with Crippen molar-refractivity contribution in [2.45, 2.75) is 76.9 Å². The summed E-state index contributed by atoms with van der Waals surface area (Å²) in [5.41, 5.74) is -0.0160. The molecular formula is C30H30F6O3S. The molecule has 2 aromatic carbocycles. The number of ether oxygens (including phenoxy) is 2. The number of aryl methyl sites for hydroxylation is 1. The zero-order chi connectivity index (χ0) is 29.2. The lowest BCUT2D eigenvalue weighted by atomic mass is 9.98. The Morgan fingerprint density at radius 1 is 1.00 bits per heavy atom. The summed E-state index contributed by atoms with van der Waals surface area (Å²) >= 11 is 1.12. The average Bonchev–Trinajstić information content (AvgIpc) is 3.47. The van der Waals surface area contributed by atoms with Gasteiger partial charge in [0.2, 0.25) is 0 Å². The quantitative estimate of drug-likeness (QED) is 0.109. The first kappa shape index (κ1) is 30.0. The van der Waals surface area contributed by atoms with Crippen molar-refractivity contribution in [2.75, 3.05) is 0 Å². The molecule has 216 valence electrons. The van der Waals surface area contributed by atoms with Gasteiger partial charge >= 0.3 is 18.3 Å². The Hall–Kier alpha value is -3.01. The van der Waals surface area contributed by atoms with Crippen LogP contribution in [0.25, 0.3) is 20.5 Å². The molecule has 3 nitrogen and oxygen atoms in total. The van der Waals surface area contributed by atoms with Crippen LogP contribution in [0.5, 0.6) is 5.75 Å². The van der Waals surface area contributed by atoms with Gasteiger partial charge in [-0.05, 0) is 73.9 Å². The van der Waals surface area contributed by atoms with E-state index in [-0.39, 0.29) is 29.7 Å². The number of esters is 1. The Kier molecular flexibility index (Phi) is 8.87. The maximum atomic E-state index is 14.0. The molecule has 0 spiro atoms. The predicted octanol–water partition coefficient (Wildman–Crippen LogP) is 9.53. The van der Waals surface area contributed by atoms with E-state index < -0.39 is 42.0 Å². The van der Waals surface area contributed by atoms with Gasteiger partial charge in [0.15, 0.2) is 0 Å². The zero-order valence-corrected chi connectivity index (χ0v) is 22.9. The standard InChI is InChI=1S/C30H30F6O3S/c1-4-5-6-7-18-8-11-21(22(14-18)29(31,32)33)26-15-19-9-10-20(16-25(19)40-26)38-23-12-13-24(27(23)30(34,35)36)39-28(37)17(2)3/h8-11,14-16,23-24,27H,2,4-7,12-13H2,1,3H3. The van der Waals surface area contributed by atoms with Crippen LogP contribution in [0.4, 0.5) is 26.3 Å². The van der Waals surface area contributed by atoms with E-state index >= 15 is 0 Å². The molecule has 1 aliphatic carbocycles. The van der Waals surface area contributed by atoms with Crippen LogP contribution < -0.4 is 4.74 Å². The highest BCUT2D eigenvalue weighted by Gasteiger charge is 2.55. The fourth-order valence-electron chi connectivity index (χ4n) is 5.02. The van der Waals surface area contributed by atoms with E-state index in [0.29, 0.717) is 26.9 Å². The molecule has 0 amide bonds. The Morgan fingerprint density at radius 2 is 1.73 bits per heavy atom. The highest BCUT2D eigenvalue weighted by Crippen LogP contribution is 2.45. The largest absolute Gasteiger partial charge is 0.490 e. The first-order valence-electron chi connectivity index (χ1n) is 13.1. The molecule has 3 aromatic rings. The maximum Gasteiger partial charge on any atom is 0.417 e. The molecule has 1 heterocycles. The molecular weight excluding hydrogens is 554 g/mol. The number of unbranched alkanes of at least 4 members (excludes halogenated alkanes) is 2. The molecule has 0 aliphatic heterocycles. The third-order valence-electron chi connectivity index (χ3n) is 7.02. The van der Waals surface area contributed by atoms with E-state index in [1.54, 1.807) is 18.2 Å². The minimum Gasteiger partial charge on any atom is -0.490 e. The third kappa shape index (κ3) is 6.82. The van der Waals surface area contributed by atoms with E-state index in [0.717, 1.165) is 30.6 Å². The number of thiophene rings is 1. The smallest absolute Gasteiger partial charge is 0.417 e. The molecule has 0 radical (unpaired) electrons. The highest BCUT2D eigenvalue weighted by atomic mass is 32.1. The van der Waals surface area contributed by atoms with Crippen molar-refractivity contribution in [3.63, 3.8) is 0 Å². The molecule has 40 heavy (non-hydrogen) atoms. The number of carbonyl (C=O) groups excluding carboxylic acids is 1. The number of benzene rings is 2. The Bertz CT molecular complexity index is 1370. The van der Waals surface area contributed by atoms with Crippen molar-refractivity contribution >= 4 is 27.4 Å². The van der Waals surface area contributed by atoms with Crippen molar-refractivity contribution in [2.24, 2.45) is 5.92 Å². The zero-order valence-electron chi connectivity index (χ0n) is 22.1. The van der Waals surface area contributed by atoms with Crippen LogP contribution >= 0.6 is 11.3 Å². The summed E-state index contributed by atoms with van der Waals surface area (Å²) in [5.74, 6) is -2.75. The van der Waals surface area contributed by atoms with E-state index in [4.69, 9.17) is 9.47 Å². The molecule has 1 fully saturated rings. The summed E-state index contributed by atoms with van der Waals surface area (Å²) in [7, 11) is 0. The second kappa shape index (κ2) is 11.8. The molecule has 1 saturated carbocycles. The SMILES string of the molecule is C=C(C)C(=O)OC1CCC(Oc2ccc3cc(-c4ccc(CCCCC)cc4C(F)(F)F)sc3c2)C1C(F)(F)F. The lowest BCUT2D eigenvalue weighted by molar-refractivity contribution is -0.215. The van der Waals surface area contributed by atoms with E-state index in [9.17, 15) is 31.1 Å². The lowest BCUT2D eigenvalue weighted by Crippen LogP contribution is -2.41. The second-order valence-corrected chi connectivity index (χ2v) is 11.3. The van der Waals surface area contributed by atoms with Gasteiger partial charge < -0.3 is 9.47 Å². The number of fused-ring (bicyclic) bond motifs is 1. The van der Waals surface area contributed by atoms with Gasteiger partial charge in [0.05, 0.1) is 5.56 Å². The van der Waals surface area contributed by atoms with Crippen LogP contribution in [-0.4, -0.2) is 24.4 Å². The number of hydrogen-bond donors (Lipinski definition) is 0. The van der Waals surface area contributed by atoms with Gasteiger partial charge in [0, 0.05) is 20.7 Å². The second-order valence-electron chi connectivity index (χ2n) is 10.2. The molecule has 1 aromatic heterocycles. The van der Waals surface area contributed by atoms with E-state index in [1.165, 1.54) is 31.2 Å². The maximum absolute atomic E-state index is 14.0. The highest BCUT2D eigenvalue weighted by molar-refractivity contribution is 7.22. The fraction of sp³-hybridized carbons (Fsp3) is 0.433. The van der Waals surface area contributed by atoms with Crippen LogP contribution in [0.1, 0.15) is 57.1 Å². The Morgan fingerprint density at radius 3 is 2.38 bits per heavy atom. The molecule has 1 aliphatic rings. The van der Waals surface area contributed by atoms with Gasteiger partial charge in [0.25, 0.3) is 0 Å². The monoisotopic (exact) mass is 584 g/mol. The number of rotatable bonds is 9. The summed E-state index contributed by atoms with van der Waals surface area (Å²) in [5, 5.41) is 0.652. The molecule has 0 N–H and O–H groups in total. The summed E-state index contributed by atoms with van der Waals surface area (Å²) in [6.45, 7) is 6.80. The molecule has 3 unspecified atom stereocenters. The minimum absolute atomic E-state index is 0.00376. The molecule has 0 saturated heterocycles. The van der Waals surface area contributed by atoms with Crippen LogP contribution in [0, 0.1) is 5.92 Å².